The van der Waals surface area contributed by atoms with Crippen LogP contribution in [-0.4, -0.2) is 23.4 Å². The molecule has 4 nitrogen and oxygen atoms in total. The highest BCUT2D eigenvalue weighted by molar-refractivity contribution is 5.91. The minimum absolute atomic E-state index is 0.0191. The summed E-state index contributed by atoms with van der Waals surface area (Å²) in [5, 5.41) is 6.12. The van der Waals surface area contributed by atoms with Gasteiger partial charge in [-0.2, -0.15) is 0 Å². The Balaban J connectivity index is 1.47. The third-order valence-electron chi connectivity index (χ3n) is 5.74. The average molecular weight is 262 g/mol. The van der Waals surface area contributed by atoms with Gasteiger partial charge in [0, 0.05) is 12.0 Å². The van der Waals surface area contributed by atoms with Crippen LogP contribution in [0.4, 0.5) is 0 Å². The second-order valence-electron chi connectivity index (χ2n) is 7.35. The van der Waals surface area contributed by atoms with Crippen molar-refractivity contribution in [3.05, 3.63) is 0 Å². The Morgan fingerprint density at radius 2 is 1.68 bits per heavy atom. The minimum atomic E-state index is -0.277. The Kier molecular flexibility index (Phi) is 2.45. The molecule has 4 heteroatoms. The van der Waals surface area contributed by atoms with Crippen LogP contribution in [0, 0.1) is 17.8 Å². The normalized spacial score (nSPS) is 47.3. The molecule has 0 aromatic heterocycles. The molecule has 5 rings (SSSR count). The van der Waals surface area contributed by atoms with E-state index in [4.69, 9.17) is 0 Å². The fraction of sp³-hybridized carbons (Fsp3) is 0.867. The molecule has 4 saturated carbocycles. The number of amides is 2. The van der Waals surface area contributed by atoms with Gasteiger partial charge >= 0.3 is 0 Å². The Morgan fingerprint density at radius 3 is 2.16 bits per heavy atom. The molecule has 4 aliphatic carbocycles. The van der Waals surface area contributed by atoms with Crippen LogP contribution in [0.15, 0.2) is 0 Å². The molecular formula is C15H22N2O2. The van der Waals surface area contributed by atoms with Gasteiger partial charge in [-0.25, -0.2) is 0 Å². The van der Waals surface area contributed by atoms with Crippen molar-refractivity contribution in [3.63, 3.8) is 0 Å². The van der Waals surface area contributed by atoms with Crippen molar-refractivity contribution in [3.8, 4) is 0 Å². The molecule has 1 aliphatic heterocycles. The topological polar surface area (TPSA) is 58.2 Å². The van der Waals surface area contributed by atoms with Crippen LogP contribution >= 0.6 is 0 Å². The largest absolute Gasteiger partial charge is 0.349 e. The summed E-state index contributed by atoms with van der Waals surface area (Å²) in [5.41, 5.74) is 0.0686. The Bertz CT molecular complexity index is 397. The molecule has 1 saturated heterocycles. The van der Waals surface area contributed by atoms with Crippen molar-refractivity contribution in [2.24, 2.45) is 17.8 Å². The minimum Gasteiger partial charge on any atom is -0.349 e. The maximum atomic E-state index is 12.3. The van der Waals surface area contributed by atoms with Crippen LogP contribution < -0.4 is 10.6 Å². The lowest BCUT2D eigenvalue weighted by Gasteiger charge is -2.57. The molecule has 2 N–H and O–H groups in total. The number of hydrogen-bond acceptors (Lipinski definition) is 2. The summed E-state index contributed by atoms with van der Waals surface area (Å²) in [4.78, 5) is 23.6. The monoisotopic (exact) mass is 262 g/mol. The molecule has 19 heavy (non-hydrogen) atoms. The van der Waals surface area contributed by atoms with Crippen molar-refractivity contribution < 1.29 is 9.59 Å². The number of hydrogen-bond donors (Lipinski definition) is 2. The first-order valence-corrected chi connectivity index (χ1v) is 7.73. The summed E-state index contributed by atoms with van der Waals surface area (Å²) in [6.45, 7) is 0. The fourth-order valence-electron chi connectivity index (χ4n) is 5.42. The maximum absolute atomic E-state index is 12.3. The molecule has 1 atom stereocenters. The molecule has 0 aromatic rings. The van der Waals surface area contributed by atoms with Crippen LogP contribution in [0.25, 0.3) is 0 Å². The lowest BCUT2D eigenvalue weighted by Crippen LogP contribution is -2.62. The van der Waals surface area contributed by atoms with E-state index in [0.29, 0.717) is 12.8 Å². The molecule has 4 bridgehead atoms. The standard InChI is InChI=1S/C15H22N2O2/c18-13-2-1-12(16-13)14(19)17-15-6-9-3-10(7-15)5-11(4-9)8-15/h9-12H,1-8H2,(H,16,18)(H,17,19)/t9?,10?,11?,12-,15?/m0/s1. The molecule has 104 valence electrons. The first-order valence-electron chi connectivity index (χ1n) is 7.73. The highest BCUT2D eigenvalue weighted by atomic mass is 16.2. The van der Waals surface area contributed by atoms with Crippen molar-refractivity contribution >= 4 is 11.8 Å². The maximum Gasteiger partial charge on any atom is 0.243 e. The van der Waals surface area contributed by atoms with E-state index < -0.39 is 0 Å². The Labute approximate surface area is 113 Å². The van der Waals surface area contributed by atoms with Crippen molar-refractivity contribution in [2.75, 3.05) is 0 Å². The number of nitrogens with one attached hydrogen (secondary N) is 2. The van der Waals surface area contributed by atoms with E-state index >= 15 is 0 Å². The van der Waals surface area contributed by atoms with Crippen molar-refractivity contribution in [1.29, 1.82) is 0 Å². The van der Waals surface area contributed by atoms with Gasteiger partial charge in [0.25, 0.3) is 0 Å². The molecule has 1 heterocycles. The lowest BCUT2D eigenvalue weighted by molar-refractivity contribution is -0.130. The Morgan fingerprint density at radius 1 is 1.11 bits per heavy atom. The van der Waals surface area contributed by atoms with E-state index in [1.165, 1.54) is 38.5 Å². The van der Waals surface area contributed by atoms with E-state index in [9.17, 15) is 9.59 Å². The van der Waals surface area contributed by atoms with E-state index in [0.717, 1.165) is 17.8 Å². The summed E-state index contributed by atoms with van der Waals surface area (Å²) in [6, 6.07) is -0.277. The molecule has 0 aromatic carbocycles. The SMILES string of the molecule is O=C1CC[C@@H](C(=O)NC23CC4CC(CC(C4)C2)C3)N1. The van der Waals surface area contributed by atoms with E-state index in [1.54, 1.807) is 0 Å². The van der Waals surface area contributed by atoms with Crippen LogP contribution in [0.2, 0.25) is 0 Å². The summed E-state index contributed by atoms with van der Waals surface area (Å²) in [7, 11) is 0. The second kappa shape index (κ2) is 3.97. The predicted octanol–water partition coefficient (Wildman–Crippen LogP) is 1.35. The first kappa shape index (κ1) is 11.7. The molecular weight excluding hydrogens is 240 g/mol. The number of rotatable bonds is 2. The van der Waals surface area contributed by atoms with Crippen molar-refractivity contribution in [1.82, 2.24) is 10.6 Å². The van der Waals surface area contributed by atoms with Crippen LogP contribution in [0.3, 0.4) is 0 Å². The molecule has 5 fully saturated rings. The summed E-state index contributed by atoms with van der Waals surface area (Å²) in [6.07, 6.45) is 8.83. The van der Waals surface area contributed by atoms with E-state index in [-0.39, 0.29) is 23.4 Å². The molecule has 0 radical (unpaired) electrons. The Hall–Kier alpha value is -1.06. The molecule has 5 aliphatic rings. The van der Waals surface area contributed by atoms with Gasteiger partial charge in [-0.05, 0) is 62.7 Å². The van der Waals surface area contributed by atoms with Gasteiger partial charge in [0.15, 0.2) is 0 Å². The average Bonchev–Trinajstić information content (AvgIpc) is 2.73. The van der Waals surface area contributed by atoms with Gasteiger partial charge in [-0.3, -0.25) is 9.59 Å². The van der Waals surface area contributed by atoms with Gasteiger partial charge in [0.2, 0.25) is 11.8 Å². The van der Waals surface area contributed by atoms with Gasteiger partial charge in [-0.15, -0.1) is 0 Å². The lowest BCUT2D eigenvalue weighted by atomic mass is 9.53. The van der Waals surface area contributed by atoms with Gasteiger partial charge in [0.05, 0.1) is 0 Å². The zero-order chi connectivity index (χ0) is 13.0. The van der Waals surface area contributed by atoms with Gasteiger partial charge < -0.3 is 10.6 Å². The highest BCUT2D eigenvalue weighted by Gasteiger charge is 2.52. The van der Waals surface area contributed by atoms with E-state index in [1.807, 2.05) is 0 Å². The summed E-state index contributed by atoms with van der Waals surface area (Å²) < 4.78 is 0. The first-order chi connectivity index (χ1) is 9.12. The number of carbonyl (C=O) groups excluding carboxylic acids is 2. The van der Waals surface area contributed by atoms with Crippen LogP contribution in [-0.2, 0) is 9.59 Å². The second-order valence-corrected chi connectivity index (χ2v) is 7.35. The molecule has 0 spiro atoms. The van der Waals surface area contributed by atoms with Crippen LogP contribution in [0.1, 0.15) is 51.4 Å². The third-order valence-corrected chi connectivity index (χ3v) is 5.74. The summed E-state index contributed by atoms with van der Waals surface area (Å²) >= 11 is 0. The zero-order valence-corrected chi connectivity index (χ0v) is 11.3. The number of carbonyl (C=O) groups is 2. The summed E-state index contributed by atoms with van der Waals surface area (Å²) in [5.74, 6) is 2.60. The smallest absolute Gasteiger partial charge is 0.243 e. The molecule has 0 unspecified atom stereocenters. The van der Waals surface area contributed by atoms with Gasteiger partial charge in [0.1, 0.15) is 6.04 Å². The molecule has 2 amide bonds. The highest BCUT2D eigenvalue weighted by Crippen LogP contribution is 2.55. The van der Waals surface area contributed by atoms with Crippen molar-refractivity contribution in [2.45, 2.75) is 62.9 Å². The predicted molar refractivity (Wildman–Crippen MR) is 70.2 cm³/mol. The van der Waals surface area contributed by atoms with E-state index in [2.05, 4.69) is 10.6 Å². The quantitative estimate of drug-likeness (QED) is 0.789. The third kappa shape index (κ3) is 1.96. The zero-order valence-electron chi connectivity index (χ0n) is 11.3. The fourth-order valence-corrected chi connectivity index (χ4v) is 5.42. The van der Waals surface area contributed by atoms with Gasteiger partial charge in [-0.1, -0.05) is 0 Å². The van der Waals surface area contributed by atoms with Crippen LogP contribution in [0.5, 0.6) is 0 Å².